The first-order chi connectivity index (χ1) is 18.4. The zero-order valence-corrected chi connectivity index (χ0v) is 22.5. The minimum atomic E-state index is -0.0869. The number of aromatic nitrogens is 1. The predicted octanol–water partition coefficient (Wildman–Crippen LogP) is 5.62. The fraction of sp³-hybridized carbons (Fsp3) is 0.312. The van der Waals surface area contributed by atoms with Crippen molar-refractivity contribution < 1.29 is 14.3 Å². The predicted molar refractivity (Wildman–Crippen MR) is 152 cm³/mol. The fourth-order valence-electron chi connectivity index (χ4n) is 4.64. The highest BCUT2D eigenvalue weighted by Crippen LogP contribution is 2.20. The number of hydrogen-bond donors (Lipinski definition) is 1. The van der Waals surface area contributed by atoms with Crippen LogP contribution in [-0.4, -0.2) is 52.3 Å². The summed E-state index contributed by atoms with van der Waals surface area (Å²) in [5.41, 5.74) is 4.23. The number of rotatable bonds is 12. The molecule has 0 unspecified atom stereocenters. The molecule has 1 aromatic heterocycles. The second-order valence-electron chi connectivity index (χ2n) is 9.78. The number of ether oxygens (including phenoxy) is 1. The number of benzene rings is 3. The Morgan fingerprint density at radius 2 is 1.58 bits per heavy atom. The van der Waals surface area contributed by atoms with Gasteiger partial charge in [0.1, 0.15) is 5.75 Å². The van der Waals surface area contributed by atoms with E-state index in [1.165, 1.54) is 10.9 Å². The van der Waals surface area contributed by atoms with Gasteiger partial charge in [-0.25, -0.2) is 0 Å². The standard InChI is InChI=1S/C32H37N3O3/c1-4-38-28-16-14-26(15-17-28)22-34(19-18-27-21-33-30-13-9-8-12-29(27)30)32(37)23-35(24(2)3)31(36)20-25-10-6-5-7-11-25/h5-17,21,24,33H,4,18-20,22-23H2,1-3H3. The van der Waals surface area contributed by atoms with Gasteiger partial charge in [0.25, 0.3) is 0 Å². The Kier molecular flexibility index (Phi) is 9.20. The Labute approximate surface area is 225 Å². The van der Waals surface area contributed by atoms with Crippen LogP contribution in [0.5, 0.6) is 5.75 Å². The van der Waals surface area contributed by atoms with E-state index in [9.17, 15) is 9.59 Å². The molecule has 2 amide bonds. The number of carbonyl (C=O) groups is 2. The maximum Gasteiger partial charge on any atom is 0.242 e. The van der Waals surface area contributed by atoms with Gasteiger partial charge < -0.3 is 19.5 Å². The zero-order chi connectivity index (χ0) is 26.9. The van der Waals surface area contributed by atoms with E-state index in [1.54, 1.807) is 4.90 Å². The number of amides is 2. The van der Waals surface area contributed by atoms with Crippen molar-refractivity contribution in [2.75, 3.05) is 19.7 Å². The van der Waals surface area contributed by atoms with E-state index < -0.39 is 0 Å². The van der Waals surface area contributed by atoms with Crippen LogP contribution >= 0.6 is 0 Å². The number of nitrogens with one attached hydrogen (secondary N) is 1. The molecule has 0 fully saturated rings. The van der Waals surface area contributed by atoms with Crippen LogP contribution in [0, 0.1) is 0 Å². The van der Waals surface area contributed by atoms with Crippen molar-refractivity contribution in [2.45, 2.75) is 46.2 Å². The lowest BCUT2D eigenvalue weighted by Crippen LogP contribution is -2.46. The van der Waals surface area contributed by atoms with Crippen molar-refractivity contribution in [3.8, 4) is 5.75 Å². The van der Waals surface area contributed by atoms with Gasteiger partial charge in [0, 0.05) is 36.2 Å². The molecule has 198 valence electrons. The van der Waals surface area contributed by atoms with E-state index in [-0.39, 0.29) is 30.8 Å². The van der Waals surface area contributed by atoms with Gasteiger partial charge in [-0.3, -0.25) is 9.59 Å². The third-order valence-electron chi connectivity index (χ3n) is 6.73. The minimum absolute atomic E-state index is 0.0443. The maximum atomic E-state index is 13.7. The molecule has 0 spiro atoms. The third-order valence-corrected chi connectivity index (χ3v) is 6.73. The molecule has 0 saturated heterocycles. The summed E-state index contributed by atoms with van der Waals surface area (Å²) in [5, 5.41) is 1.17. The normalized spacial score (nSPS) is 11.1. The number of nitrogens with zero attached hydrogens (tertiary/aromatic N) is 2. The molecule has 0 bridgehead atoms. The molecule has 0 aliphatic heterocycles. The van der Waals surface area contributed by atoms with Crippen LogP contribution in [0.4, 0.5) is 0 Å². The van der Waals surface area contributed by atoms with Gasteiger partial charge in [-0.2, -0.15) is 0 Å². The first-order valence-corrected chi connectivity index (χ1v) is 13.3. The molecule has 4 rings (SSSR count). The smallest absolute Gasteiger partial charge is 0.242 e. The summed E-state index contributed by atoms with van der Waals surface area (Å²) in [4.78, 5) is 33.8. The topological polar surface area (TPSA) is 65.6 Å². The van der Waals surface area contributed by atoms with E-state index in [0.717, 1.165) is 22.4 Å². The summed E-state index contributed by atoms with van der Waals surface area (Å²) in [6.45, 7) is 7.54. The van der Waals surface area contributed by atoms with Gasteiger partial charge in [0.15, 0.2) is 0 Å². The van der Waals surface area contributed by atoms with Crippen molar-refractivity contribution in [1.29, 1.82) is 0 Å². The summed E-state index contributed by atoms with van der Waals surface area (Å²) in [6.07, 6.45) is 3.01. The molecular formula is C32H37N3O3. The van der Waals surface area contributed by atoms with E-state index >= 15 is 0 Å². The number of H-pyrrole nitrogens is 1. The van der Waals surface area contributed by atoms with Crippen LogP contribution in [0.25, 0.3) is 10.9 Å². The highest BCUT2D eigenvalue weighted by atomic mass is 16.5. The molecule has 0 aliphatic rings. The van der Waals surface area contributed by atoms with Crippen LogP contribution in [0.15, 0.2) is 85.1 Å². The molecule has 6 nitrogen and oxygen atoms in total. The monoisotopic (exact) mass is 511 g/mol. The Morgan fingerprint density at radius 3 is 2.29 bits per heavy atom. The van der Waals surface area contributed by atoms with Crippen LogP contribution < -0.4 is 4.74 Å². The second-order valence-corrected chi connectivity index (χ2v) is 9.78. The van der Waals surface area contributed by atoms with Gasteiger partial charge >= 0.3 is 0 Å². The lowest BCUT2D eigenvalue weighted by atomic mass is 10.1. The molecule has 1 N–H and O–H groups in total. The van der Waals surface area contributed by atoms with E-state index in [1.807, 2.05) is 98.6 Å². The molecular weight excluding hydrogens is 474 g/mol. The number of hydrogen-bond acceptors (Lipinski definition) is 3. The quantitative estimate of drug-likeness (QED) is 0.269. The molecule has 0 aliphatic carbocycles. The second kappa shape index (κ2) is 13.0. The Hall–Kier alpha value is -4.06. The largest absolute Gasteiger partial charge is 0.494 e. The van der Waals surface area contributed by atoms with E-state index in [2.05, 4.69) is 17.1 Å². The molecule has 6 heteroatoms. The molecule has 3 aromatic carbocycles. The average Bonchev–Trinajstić information content (AvgIpc) is 3.34. The number of carbonyl (C=O) groups excluding carboxylic acids is 2. The Bertz CT molecular complexity index is 1330. The van der Waals surface area contributed by atoms with Crippen LogP contribution in [-0.2, 0) is 29.0 Å². The molecule has 0 radical (unpaired) electrons. The molecule has 4 aromatic rings. The van der Waals surface area contributed by atoms with Crippen LogP contribution in [0.2, 0.25) is 0 Å². The number of para-hydroxylation sites is 1. The van der Waals surface area contributed by atoms with Gasteiger partial charge in [0.05, 0.1) is 19.6 Å². The van der Waals surface area contributed by atoms with Crippen LogP contribution in [0.3, 0.4) is 0 Å². The first kappa shape index (κ1) is 27.0. The summed E-state index contributed by atoms with van der Waals surface area (Å²) < 4.78 is 5.58. The molecule has 0 saturated carbocycles. The van der Waals surface area contributed by atoms with Gasteiger partial charge in [-0.05, 0) is 62.1 Å². The van der Waals surface area contributed by atoms with Gasteiger partial charge in [-0.15, -0.1) is 0 Å². The lowest BCUT2D eigenvalue weighted by Gasteiger charge is -2.30. The summed E-state index contributed by atoms with van der Waals surface area (Å²) >= 11 is 0. The van der Waals surface area contributed by atoms with Crippen molar-refractivity contribution in [3.05, 3.63) is 102 Å². The van der Waals surface area contributed by atoms with Crippen molar-refractivity contribution in [1.82, 2.24) is 14.8 Å². The third kappa shape index (κ3) is 7.03. The zero-order valence-electron chi connectivity index (χ0n) is 22.5. The van der Waals surface area contributed by atoms with E-state index in [0.29, 0.717) is 26.1 Å². The molecule has 38 heavy (non-hydrogen) atoms. The highest BCUT2D eigenvalue weighted by Gasteiger charge is 2.24. The maximum absolute atomic E-state index is 13.7. The van der Waals surface area contributed by atoms with Crippen molar-refractivity contribution in [2.24, 2.45) is 0 Å². The molecule has 1 heterocycles. The minimum Gasteiger partial charge on any atom is -0.494 e. The van der Waals surface area contributed by atoms with Gasteiger partial charge in [-0.1, -0.05) is 60.7 Å². The Balaban J connectivity index is 1.51. The van der Waals surface area contributed by atoms with Crippen molar-refractivity contribution in [3.63, 3.8) is 0 Å². The van der Waals surface area contributed by atoms with Crippen molar-refractivity contribution >= 4 is 22.7 Å². The Morgan fingerprint density at radius 1 is 0.868 bits per heavy atom. The first-order valence-electron chi connectivity index (χ1n) is 13.3. The van der Waals surface area contributed by atoms with Gasteiger partial charge in [0.2, 0.25) is 11.8 Å². The summed E-state index contributed by atoms with van der Waals surface area (Å²) in [6, 6.07) is 25.6. The summed E-state index contributed by atoms with van der Waals surface area (Å²) in [7, 11) is 0. The highest BCUT2D eigenvalue weighted by molar-refractivity contribution is 5.86. The molecule has 0 atom stereocenters. The van der Waals surface area contributed by atoms with E-state index in [4.69, 9.17) is 4.74 Å². The SMILES string of the molecule is CCOc1ccc(CN(CCc2c[nH]c3ccccc23)C(=O)CN(C(=O)Cc2ccccc2)C(C)C)cc1. The fourth-order valence-corrected chi connectivity index (χ4v) is 4.64. The number of fused-ring (bicyclic) bond motifs is 1. The summed E-state index contributed by atoms with van der Waals surface area (Å²) in [5.74, 6) is 0.705. The average molecular weight is 512 g/mol. The van der Waals surface area contributed by atoms with Crippen LogP contribution in [0.1, 0.15) is 37.5 Å². The lowest BCUT2D eigenvalue weighted by molar-refractivity contribution is -0.142. The number of aromatic amines is 1.